The zero-order chi connectivity index (χ0) is 36.7. The Morgan fingerprint density at radius 2 is 0.464 bits per heavy atom. The van der Waals surface area contributed by atoms with Crippen molar-refractivity contribution in [3.05, 3.63) is 182 Å². The number of benzene rings is 10. The van der Waals surface area contributed by atoms with Gasteiger partial charge in [0.2, 0.25) is 0 Å². The normalized spacial score (nSPS) is 11.9. The Morgan fingerprint density at radius 3 is 0.696 bits per heavy atom. The molecule has 4 heteroatoms. The number of aromatic nitrogens is 4. The van der Waals surface area contributed by atoms with Crippen LogP contribution >= 0.6 is 0 Å². The third-order valence-corrected chi connectivity index (χ3v) is 11.3. The average Bonchev–Trinajstić information content (AvgIpc) is 3.28. The molecule has 12 rings (SSSR count). The molecule has 0 saturated carbocycles. The quantitative estimate of drug-likeness (QED) is 0.135. The summed E-state index contributed by atoms with van der Waals surface area (Å²) >= 11 is 0. The number of nitrogens with zero attached hydrogens (tertiary/aromatic N) is 4. The van der Waals surface area contributed by atoms with Gasteiger partial charge in [-0.3, -0.25) is 0 Å². The molecule has 0 atom stereocenters. The summed E-state index contributed by atoms with van der Waals surface area (Å²) in [6.45, 7) is 0. The van der Waals surface area contributed by atoms with Crippen molar-refractivity contribution in [2.75, 3.05) is 0 Å². The molecule has 4 nitrogen and oxygen atoms in total. The zero-order valence-electron chi connectivity index (χ0n) is 30.1. The van der Waals surface area contributed by atoms with Crippen molar-refractivity contribution in [2.45, 2.75) is 0 Å². The second-order valence-electron chi connectivity index (χ2n) is 14.5. The maximum absolute atomic E-state index is 5.46. The van der Waals surface area contributed by atoms with Gasteiger partial charge in [-0.05, 0) is 68.8 Å². The van der Waals surface area contributed by atoms with Crippen molar-refractivity contribution in [1.29, 1.82) is 0 Å². The van der Waals surface area contributed by atoms with Gasteiger partial charge in [-0.2, -0.15) is 0 Å². The van der Waals surface area contributed by atoms with Gasteiger partial charge in [0.25, 0.3) is 0 Å². The number of hydrogen-bond donors (Lipinski definition) is 0. The second-order valence-corrected chi connectivity index (χ2v) is 14.5. The highest BCUT2D eigenvalue weighted by Crippen LogP contribution is 2.45. The highest BCUT2D eigenvalue weighted by Gasteiger charge is 2.22. The van der Waals surface area contributed by atoms with Gasteiger partial charge in [0, 0.05) is 32.3 Å². The van der Waals surface area contributed by atoms with Crippen LogP contribution < -0.4 is 0 Å². The first-order chi connectivity index (χ1) is 27.8. The third kappa shape index (κ3) is 4.60. The summed E-state index contributed by atoms with van der Waals surface area (Å²) in [6.07, 6.45) is 0. The van der Waals surface area contributed by atoms with E-state index in [1.165, 1.54) is 0 Å². The van der Waals surface area contributed by atoms with Crippen molar-refractivity contribution in [3.63, 3.8) is 0 Å². The lowest BCUT2D eigenvalue weighted by atomic mass is 9.90. The Morgan fingerprint density at radius 1 is 0.232 bits per heavy atom. The number of hydrogen-bond acceptors (Lipinski definition) is 4. The molecule has 0 saturated heterocycles. The molecule has 0 spiro atoms. The van der Waals surface area contributed by atoms with Gasteiger partial charge in [0.05, 0.1) is 44.1 Å². The van der Waals surface area contributed by atoms with E-state index in [-0.39, 0.29) is 0 Å². The molecule has 0 aliphatic rings. The van der Waals surface area contributed by atoms with Crippen LogP contribution in [-0.2, 0) is 0 Å². The Balaban J connectivity index is 1.18. The van der Waals surface area contributed by atoms with E-state index in [0.717, 1.165) is 121 Å². The van der Waals surface area contributed by atoms with Crippen LogP contribution in [0.25, 0.3) is 121 Å². The predicted octanol–water partition coefficient (Wildman–Crippen LogP) is 13.4. The van der Waals surface area contributed by atoms with Crippen molar-refractivity contribution in [2.24, 2.45) is 0 Å². The summed E-state index contributed by atoms with van der Waals surface area (Å²) in [5, 5.41) is 6.56. The highest BCUT2D eigenvalue weighted by molar-refractivity contribution is 6.38. The Kier molecular flexibility index (Phi) is 6.60. The average molecular weight is 711 g/mol. The Bertz CT molecular complexity index is 3030. The van der Waals surface area contributed by atoms with Gasteiger partial charge in [0.15, 0.2) is 0 Å². The molecule has 2 heterocycles. The van der Waals surface area contributed by atoms with Crippen molar-refractivity contribution in [1.82, 2.24) is 19.9 Å². The molecule has 0 radical (unpaired) electrons. The summed E-state index contributed by atoms with van der Waals surface area (Å²) in [6, 6.07) is 64.1. The fourth-order valence-electron chi connectivity index (χ4n) is 8.82. The molecule has 0 amide bonds. The van der Waals surface area contributed by atoms with Crippen LogP contribution in [0.4, 0.5) is 0 Å². The summed E-state index contributed by atoms with van der Waals surface area (Å²) in [7, 11) is 0. The first-order valence-electron chi connectivity index (χ1n) is 19.0. The fraction of sp³-hybridized carbons (Fsp3) is 0. The van der Waals surface area contributed by atoms with Crippen LogP contribution in [0, 0.1) is 0 Å². The fourth-order valence-corrected chi connectivity index (χ4v) is 8.82. The molecule has 0 aliphatic carbocycles. The molecule has 12 aromatic rings. The van der Waals surface area contributed by atoms with E-state index in [1.54, 1.807) is 0 Å². The first-order valence-corrected chi connectivity index (χ1v) is 19.0. The smallest absolute Gasteiger partial charge is 0.0979 e. The molecule has 258 valence electrons. The standard InChI is InChI=1S/C52H30N4/c1-5-15-31(16-6-1)39-27-43-44(28-40(39)32-17-7-2-8-18-32)54-50-36-24-14-26-38-48(36)47-35(49(50)53-43)23-13-25-37(47)51-52(38)56-46-30-42(34-21-11-4-12-22-34)41(29-45(46)55-51)33-19-9-3-10-20-33/h1-30H. The lowest BCUT2D eigenvalue weighted by molar-refractivity contribution is 1.41. The summed E-state index contributed by atoms with van der Waals surface area (Å²) in [4.78, 5) is 21.9. The van der Waals surface area contributed by atoms with E-state index in [2.05, 4.69) is 182 Å². The largest absolute Gasteiger partial charge is 0.244 e. The topological polar surface area (TPSA) is 51.6 Å². The van der Waals surface area contributed by atoms with Crippen molar-refractivity contribution in [3.8, 4) is 44.5 Å². The van der Waals surface area contributed by atoms with E-state index in [4.69, 9.17) is 19.9 Å². The first kappa shape index (κ1) is 30.9. The molecule has 2 aromatic heterocycles. The lowest BCUT2D eigenvalue weighted by Gasteiger charge is -2.18. The third-order valence-electron chi connectivity index (χ3n) is 11.3. The molecular formula is C52H30N4. The van der Waals surface area contributed by atoms with Crippen LogP contribution in [0.1, 0.15) is 0 Å². The monoisotopic (exact) mass is 710 g/mol. The number of fused-ring (bicyclic) bond motifs is 8. The molecule has 56 heavy (non-hydrogen) atoms. The summed E-state index contributed by atoms with van der Waals surface area (Å²) in [5.41, 5.74) is 16.1. The molecular weight excluding hydrogens is 681 g/mol. The van der Waals surface area contributed by atoms with Gasteiger partial charge < -0.3 is 0 Å². The number of rotatable bonds is 4. The molecule has 0 bridgehead atoms. The van der Waals surface area contributed by atoms with Gasteiger partial charge >= 0.3 is 0 Å². The van der Waals surface area contributed by atoms with Gasteiger partial charge in [-0.1, -0.05) is 158 Å². The summed E-state index contributed by atoms with van der Waals surface area (Å²) < 4.78 is 0. The van der Waals surface area contributed by atoms with Gasteiger partial charge in [-0.25, -0.2) is 19.9 Å². The maximum atomic E-state index is 5.46. The molecule has 0 fully saturated rings. The minimum Gasteiger partial charge on any atom is -0.244 e. The molecule has 10 aromatic carbocycles. The maximum Gasteiger partial charge on any atom is 0.0979 e. The van der Waals surface area contributed by atoms with E-state index < -0.39 is 0 Å². The van der Waals surface area contributed by atoms with E-state index in [0.29, 0.717) is 0 Å². The van der Waals surface area contributed by atoms with E-state index in [1.807, 2.05) is 0 Å². The summed E-state index contributed by atoms with van der Waals surface area (Å²) in [5.74, 6) is 0. The molecule has 0 aliphatic heterocycles. The predicted molar refractivity (Wildman–Crippen MR) is 233 cm³/mol. The van der Waals surface area contributed by atoms with Crippen molar-refractivity contribution < 1.29 is 0 Å². The minimum atomic E-state index is 0.865. The van der Waals surface area contributed by atoms with Gasteiger partial charge in [0.1, 0.15) is 0 Å². The Labute approximate surface area is 321 Å². The highest BCUT2D eigenvalue weighted by atomic mass is 14.8. The second kappa shape index (κ2) is 12.0. The van der Waals surface area contributed by atoms with Crippen LogP contribution in [0.15, 0.2) is 182 Å². The molecule has 0 unspecified atom stereocenters. The molecule has 0 N–H and O–H groups in total. The van der Waals surface area contributed by atoms with E-state index in [9.17, 15) is 0 Å². The Hall–Kier alpha value is -7.56. The minimum absolute atomic E-state index is 0.865. The van der Waals surface area contributed by atoms with Crippen LogP contribution in [0.3, 0.4) is 0 Å². The van der Waals surface area contributed by atoms with Crippen LogP contribution in [0.5, 0.6) is 0 Å². The van der Waals surface area contributed by atoms with Crippen molar-refractivity contribution >= 4 is 76.5 Å². The van der Waals surface area contributed by atoms with E-state index >= 15 is 0 Å². The van der Waals surface area contributed by atoms with Crippen LogP contribution in [0.2, 0.25) is 0 Å². The zero-order valence-corrected chi connectivity index (χ0v) is 30.1. The SMILES string of the molecule is c1ccc(-c2cc3nc4c5cccc6c7nc8cc(-c9ccccc9)c(-c9ccccc9)cc8nc7c7cccc(c4nc3cc2-c2ccccc2)c7c56)cc1. The van der Waals surface area contributed by atoms with Gasteiger partial charge in [-0.15, -0.1) is 0 Å². The lowest BCUT2D eigenvalue weighted by Crippen LogP contribution is -1.97. The van der Waals surface area contributed by atoms with Crippen LogP contribution in [-0.4, -0.2) is 19.9 Å².